The summed E-state index contributed by atoms with van der Waals surface area (Å²) in [6, 6.07) is 11.2. The standard InChI is InChI=1S/C22H26N4O4/c1-28-15-7-8-16-17(13-15)24-20(23-16)14-25-9-11-26(12-10-25)22(27)21-18(29-2)5-4-6-19(21)30-3/h4-8,13H,9-12,14H2,1-3H3,(H,23,24). The molecule has 0 unspecified atom stereocenters. The van der Waals surface area contributed by atoms with Gasteiger partial charge in [-0.05, 0) is 24.3 Å². The first-order valence-electron chi connectivity index (χ1n) is 9.88. The minimum atomic E-state index is -0.0696. The van der Waals surface area contributed by atoms with Crippen LogP contribution in [0, 0.1) is 0 Å². The zero-order valence-corrected chi connectivity index (χ0v) is 17.5. The van der Waals surface area contributed by atoms with Crippen LogP contribution in [-0.2, 0) is 6.54 Å². The average Bonchev–Trinajstić information content (AvgIpc) is 3.19. The number of methoxy groups -OCH3 is 3. The van der Waals surface area contributed by atoms with Crippen LogP contribution in [0.5, 0.6) is 17.2 Å². The van der Waals surface area contributed by atoms with Crippen molar-refractivity contribution >= 4 is 16.9 Å². The molecular formula is C22H26N4O4. The van der Waals surface area contributed by atoms with E-state index in [1.807, 2.05) is 29.2 Å². The number of hydrogen-bond donors (Lipinski definition) is 1. The predicted molar refractivity (Wildman–Crippen MR) is 113 cm³/mol. The van der Waals surface area contributed by atoms with Crippen molar-refractivity contribution in [1.29, 1.82) is 0 Å². The molecule has 2 aromatic carbocycles. The molecule has 1 aliphatic rings. The largest absolute Gasteiger partial charge is 0.497 e. The fraction of sp³-hybridized carbons (Fsp3) is 0.364. The van der Waals surface area contributed by atoms with Crippen molar-refractivity contribution in [3.63, 3.8) is 0 Å². The van der Waals surface area contributed by atoms with Crippen molar-refractivity contribution in [2.24, 2.45) is 0 Å². The number of rotatable bonds is 6. The maximum absolute atomic E-state index is 13.1. The number of aromatic nitrogens is 2. The molecule has 30 heavy (non-hydrogen) atoms. The molecule has 4 rings (SSSR count). The molecule has 8 heteroatoms. The zero-order valence-electron chi connectivity index (χ0n) is 17.5. The van der Waals surface area contributed by atoms with Crippen molar-refractivity contribution < 1.29 is 19.0 Å². The summed E-state index contributed by atoms with van der Waals surface area (Å²) in [5.74, 6) is 2.69. The molecule has 1 N–H and O–H groups in total. The zero-order chi connectivity index (χ0) is 21.1. The third-order valence-corrected chi connectivity index (χ3v) is 5.41. The maximum Gasteiger partial charge on any atom is 0.261 e. The van der Waals surface area contributed by atoms with Crippen LogP contribution < -0.4 is 14.2 Å². The van der Waals surface area contributed by atoms with E-state index in [1.165, 1.54) is 0 Å². The van der Waals surface area contributed by atoms with Gasteiger partial charge in [0.05, 0.1) is 38.9 Å². The topological polar surface area (TPSA) is 79.9 Å². The highest BCUT2D eigenvalue weighted by Gasteiger charge is 2.27. The van der Waals surface area contributed by atoms with Crippen molar-refractivity contribution in [3.8, 4) is 17.2 Å². The van der Waals surface area contributed by atoms with Gasteiger partial charge >= 0.3 is 0 Å². The van der Waals surface area contributed by atoms with Gasteiger partial charge < -0.3 is 24.1 Å². The molecule has 3 aromatic rings. The lowest BCUT2D eigenvalue weighted by molar-refractivity contribution is 0.0619. The molecule has 2 heterocycles. The molecule has 8 nitrogen and oxygen atoms in total. The smallest absolute Gasteiger partial charge is 0.261 e. The number of H-pyrrole nitrogens is 1. The van der Waals surface area contributed by atoms with Crippen molar-refractivity contribution in [2.75, 3.05) is 47.5 Å². The fourth-order valence-corrected chi connectivity index (χ4v) is 3.78. The van der Waals surface area contributed by atoms with E-state index in [1.54, 1.807) is 33.5 Å². The van der Waals surface area contributed by atoms with Crippen LogP contribution in [0.25, 0.3) is 11.0 Å². The maximum atomic E-state index is 13.1. The molecule has 0 atom stereocenters. The van der Waals surface area contributed by atoms with Gasteiger partial charge in [-0.25, -0.2) is 4.98 Å². The fourth-order valence-electron chi connectivity index (χ4n) is 3.78. The van der Waals surface area contributed by atoms with Gasteiger partial charge in [-0.1, -0.05) is 6.07 Å². The molecule has 0 aliphatic carbocycles. The second-order valence-electron chi connectivity index (χ2n) is 7.17. The highest BCUT2D eigenvalue weighted by atomic mass is 16.5. The number of imidazole rings is 1. The summed E-state index contributed by atoms with van der Waals surface area (Å²) < 4.78 is 16.0. The minimum absolute atomic E-state index is 0.0696. The Morgan fingerprint density at radius 1 is 1.00 bits per heavy atom. The number of hydrogen-bond acceptors (Lipinski definition) is 6. The Kier molecular flexibility index (Phi) is 5.76. The van der Waals surface area contributed by atoms with Gasteiger partial charge in [-0.3, -0.25) is 9.69 Å². The number of carbonyl (C=O) groups is 1. The highest BCUT2D eigenvalue weighted by Crippen LogP contribution is 2.30. The number of ether oxygens (including phenoxy) is 3. The third-order valence-electron chi connectivity index (χ3n) is 5.41. The molecule has 1 aliphatic heterocycles. The van der Waals surface area contributed by atoms with Gasteiger partial charge in [0.2, 0.25) is 0 Å². The molecule has 0 bridgehead atoms. The summed E-state index contributed by atoms with van der Waals surface area (Å²) in [4.78, 5) is 25.3. The lowest BCUT2D eigenvalue weighted by Gasteiger charge is -2.34. The summed E-state index contributed by atoms with van der Waals surface area (Å²) in [5.41, 5.74) is 2.35. The summed E-state index contributed by atoms with van der Waals surface area (Å²) >= 11 is 0. The van der Waals surface area contributed by atoms with Crippen LogP contribution in [-0.4, -0.2) is 73.2 Å². The minimum Gasteiger partial charge on any atom is -0.497 e. The Morgan fingerprint density at radius 2 is 1.70 bits per heavy atom. The van der Waals surface area contributed by atoms with Crippen LogP contribution in [0.2, 0.25) is 0 Å². The number of nitrogens with one attached hydrogen (secondary N) is 1. The molecule has 1 saturated heterocycles. The molecule has 0 saturated carbocycles. The van der Waals surface area contributed by atoms with E-state index in [9.17, 15) is 4.79 Å². The van der Waals surface area contributed by atoms with Gasteiger partial charge in [0.25, 0.3) is 5.91 Å². The van der Waals surface area contributed by atoms with E-state index in [0.717, 1.165) is 35.7 Å². The third kappa shape index (κ3) is 3.91. The van der Waals surface area contributed by atoms with E-state index in [4.69, 9.17) is 14.2 Å². The van der Waals surface area contributed by atoms with Crippen LogP contribution in [0.3, 0.4) is 0 Å². The first kappa shape index (κ1) is 20.0. The van der Waals surface area contributed by atoms with Crippen molar-refractivity contribution in [3.05, 3.63) is 47.8 Å². The van der Waals surface area contributed by atoms with E-state index in [0.29, 0.717) is 36.7 Å². The van der Waals surface area contributed by atoms with Gasteiger partial charge in [-0.15, -0.1) is 0 Å². The van der Waals surface area contributed by atoms with Crippen molar-refractivity contribution in [2.45, 2.75) is 6.54 Å². The Morgan fingerprint density at radius 3 is 2.33 bits per heavy atom. The second kappa shape index (κ2) is 8.62. The lowest BCUT2D eigenvalue weighted by atomic mass is 10.1. The van der Waals surface area contributed by atoms with E-state index >= 15 is 0 Å². The highest BCUT2D eigenvalue weighted by molar-refractivity contribution is 5.99. The van der Waals surface area contributed by atoms with Crippen molar-refractivity contribution in [1.82, 2.24) is 19.8 Å². The number of amides is 1. The summed E-state index contributed by atoms with van der Waals surface area (Å²) in [6.07, 6.45) is 0. The second-order valence-corrected chi connectivity index (χ2v) is 7.17. The van der Waals surface area contributed by atoms with Crippen LogP contribution in [0.1, 0.15) is 16.2 Å². The van der Waals surface area contributed by atoms with Gasteiger partial charge in [-0.2, -0.15) is 0 Å². The van der Waals surface area contributed by atoms with Crippen LogP contribution >= 0.6 is 0 Å². The molecule has 0 radical (unpaired) electrons. The lowest BCUT2D eigenvalue weighted by Crippen LogP contribution is -2.48. The summed E-state index contributed by atoms with van der Waals surface area (Å²) in [5, 5.41) is 0. The quantitative estimate of drug-likeness (QED) is 0.673. The first-order valence-corrected chi connectivity index (χ1v) is 9.88. The van der Waals surface area contributed by atoms with Crippen LogP contribution in [0.15, 0.2) is 36.4 Å². The van der Waals surface area contributed by atoms with Gasteiger partial charge in [0.15, 0.2) is 0 Å². The molecule has 0 spiro atoms. The number of piperazine rings is 1. The Labute approximate surface area is 175 Å². The average molecular weight is 410 g/mol. The summed E-state index contributed by atoms with van der Waals surface area (Å²) in [7, 11) is 4.78. The monoisotopic (exact) mass is 410 g/mol. The number of nitrogens with zero attached hydrogens (tertiary/aromatic N) is 3. The molecule has 1 aromatic heterocycles. The normalized spacial score (nSPS) is 14.7. The summed E-state index contributed by atoms with van der Waals surface area (Å²) in [6.45, 7) is 3.51. The van der Waals surface area contributed by atoms with E-state index in [-0.39, 0.29) is 5.91 Å². The number of aromatic amines is 1. The SMILES string of the molecule is COc1ccc2nc(CN3CCN(C(=O)c4c(OC)cccc4OC)CC3)[nH]c2c1. The van der Waals surface area contributed by atoms with E-state index < -0.39 is 0 Å². The predicted octanol–water partition coefficient (Wildman–Crippen LogP) is 2.55. The molecule has 1 fully saturated rings. The number of fused-ring (bicyclic) bond motifs is 1. The Balaban J connectivity index is 1.41. The molecule has 1 amide bonds. The molecular weight excluding hydrogens is 384 g/mol. The van der Waals surface area contributed by atoms with E-state index in [2.05, 4.69) is 14.9 Å². The van der Waals surface area contributed by atoms with Crippen LogP contribution in [0.4, 0.5) is 0 Å². The number of benzene rings is 2. The Bertz CT molecular complexity index is 1020. The Hall–Kier alpha value is -3.26. The van der Waals surface area contributed by atoms with Gasteiger partial charge in [0.1, 0.15) is 28.6 Å². The number of carbonyl (C=O) groups excluding carboxylic acids is 1. The first-order chi connectivity index (χ1) is 14.6. The van der Waals surface area contributed by atoms with Gasteiger partial charge in [0, 0.05) is 32.2 Å². The molecule has 158 valence electrons.